The second-order valence-electron chi connectivity index (χ2n) is 5.32. The Morgan fingerprint density at radius 1 is 1.24 bits per heavy atom. The Kier molecular flexibility index (Phi) is 6.98. The predicted molar refractivity (Wildman–Crippen MR) is 92.6 cm³/mol. The van der Waals surface area contributed by atoms with Crippen molar-refractivity contribution in [3.05, 3.63) is 70.7 Å². The second kappa shape index (κ2) is 9.44. The van der Waals surface area contributed by atoms with Crippen LogP contribution in [0.2, 0.25) is 0 Å². The minimum Gasteiger partial charge on any atom is -0.618 e. The van der Waals surface area contributed by atoms with Gasteiger partial charge in [-0.15, -0.1) is 0 Å². The van der Waals surface area contributed by atoms with E-state index in [2.05, 4.69) is 4.74 Å². The van der Waals surface area contributed by atoms with E-state index in [1.54, 1.807) is 6.07 Å². The molecule has 0 bridgehead atoms. The number of hydrogen-bond donors (Lipinski definition) is 1. The van der Waals surface area contributed by atoms with Crippen LogP contribution in [0.5, 0.6) is 5.75 Å². The van der Waals surface area contributed by atoms with Gasteiger partial charge in [-0.05, 0) is 24.5 Å². The monoisotopic (exact) mass is 343 g/mol. The average molecular weight is 343 g/mol. The Balaban J connectivity index is 2.06. The fourth-order valence-corrected chi connectivity index (χ4v) is 2.29. The summed E-state index contributed by atoms with van der Waals surface area (Å²) in [6, 6.07) is 13.1. The molecule has 1 N–H and O–H groups in total. The van der Waals surface area contributed by atoms with Gasteiger partial charge < -0.3 is 19.8 Å². The standard InChI is InChI=1S/C19H21NO5/c1-24-19(22)12-10-17-18(11-9-16(14-21)20(17)23)25-13-5-8-15-6-3-2-4-7-15/h2-4,6-7,9-12,21H,5,8,13-14H2,1H3/b12-10+. The van der Waals surface area contributed by atoms with Gasteiger partial charge in [0.2, 0.25) is 5.69 Å². The van der Waals surface area contributed by atoms with E-state index in [0.717, 1.165) is 18.9 Å². The smallest absolute Gasteiger partial charge is 0.330 e. The van der Waals surface area contributed by atoms with Crippen molar-refractivity contribution < 1.29 is 24.1 Å². The van der Waals surface area contributed by atoms with Gasteiger partial charge in [-0.3, -0.25) is 0 Å². The van der Waals surface area contributed by atoms with Crippen molar-refractivity contribution in [1.29, 1.82) is 0 Å². The van der Waals surface area contributed by atoms with Crippen molar-refractivity contribution >= 4 is 12.0 Å². The van der Waals surface area contributed by atoms with E-state index >= 15 is 0 Å². The van der Waals surface area contributed by atoms with E-state index in [9.17, 15) is 15.1 Å². The number of benzene rings is 1. The SMILES string of the molecule is COC(=O)/C=C/c1c(OCCCc2ccccc2)ccc(CO)[n+]1[O-]. The molecular formula is C19H21NO5. The van der Waals surface area contributed by atoms with Crippen LogP contribution < -0.4 is 9.47 Å². The molecule has 2 aromatic rings. The van der Waals surface area contributed by atoms with Crippen molar-refractivity contribution in [2.24, 2.45) is 0 Å². The molecule has 0 spiro atoms. The van der Waals surface area contributed by atoms with Crippen LogP contribution in [0.25, 0.3) is 6.08 Å². The van der Waals surface area contributed by atoms with Crippen molar-refractivity contribution in [3.8, 4) is 5.75 Å². The zero-order chi connectivity index (χ0) is 18.1. The summed E-state index contributed by atoms with van der Waals surface area (Å²) in [6.45, 7) is 0.0171. The maximum atomic E-state index is 12.2. The number of methoxy groups -OCH3 is 1. The summed E-state index contributed by atoms with van der Waals surface area (Å²) in [5, 5.41) is 21.5. The Morgan fingerprint density at radius 2 is 2.00 bits per heavy atom. The Labute approximate surface area is 146 Å². The molecule has 132 valence electrons. The number of aliphatic hydroxyl groups is 1. The average Bonchev–Trinajstić information content (AvgIpc) is 2.65. The maximum absolute atomic E-state index is 12.2. The highest BCUT2D eigenvalue weighted by atomic mass is 16.5. The first kappa shape index (κ1) is 18.5. The third kappa shape index (κ3) is 5.32. The summed E-state index contributed by atoms with van der Waals surface area (Å²) in [6.07, 6.45) is 4.11. The van der Waals surface area contributed by atoms with E-state index in [0.29, 0.717) is 17.1 Å². The summed E-state index contributed by atoms with van der Waals surface area (Å²) >= 11 is 0. The molecule has 1 aromatic heterocycles. The van der Waals surface area contributed by atoms with Gasteiger partial charge in [0.1, 0.15) is 6.61 Å². The number of aliphatic hydroxyl groups excluding tert-OH is 1. The van der Waals surface area contributed by atoms with E-state index < -0.39 is 12.6 Å². The van der Waals surface area contributed by atoms with Crippen LogP contribution in [-0.2, 0) is 22.6 Å². The minimum absolute atomic E-state index is 0.150. The van der Waals surface area contributed by atoms with Crippen LogP contribution in [0.1, 0.15) is 23.4 Å². The zero-order valence-corrected chi connectivity index (χ0v) is 14.1. The van der Waals surface area contributed by atoms with Crippen LogP contribution in [0.15, 0.2) is 48.5 Å². The molecule has 0 fully saturated rings. The first-order chi connectivity index (χ1) is 12.2. The number of ether oxygens (including phenoxy) is 2. The Hall–Kier alpha value is -2.86. The number of pyridine rings is 1. The van der Waals surface area contributed by atoms with Gasteiger partial charge in [0, 0.05) is 18.2 Å². The molecule has 0 atom stereocenters. The van der Waals surface area contributed by atoms with Crippen LogP contribution in [0.3, 0.4) is 0 Å². The summed E-state index contributed by atoms with van der Waals surface area (Å²) in [4.78, 5) is 11.3. The quantitative estimate of drug-likeness (QED) is 0.261. The van der Waals surface area contributed by atoms with E-state index in [1.807, 2.05) is 30.3 Å². The Bertz CT molecular complexity index is 728. The number of nitrogens with zero attached hydrogens (tertiary/aromatic N) is 1. The molecule has 6 nitrogen and oxygen atoms in total. The number of carbonyl (C=O) groups excluding carboxylic acids is 1. The molecule has 1 heterocycles. The van der Waals surface area contributed by atoms with Gasteiger partial charge in [0.05, 0.1) is 13.7 Å². The van der Waals surface area contributed by atoms with Crippen LogP contribution in [0.4, 0.5) is 0 Å². The molecule has 0 amide bonds. The molecule has 0 saturated heterocycles. The van der Waals surface area contributed by atoms with Gasteiger partial charge in [0.15, 0.2) is 5.75 Å². The first-order valence-corrected chi connectivity index (χ1v) is 7.94. The van der Waals surface area contributed by atoms with Crippen molar-refractivity contribution in [3.63, 3.8) is 0 Å². The number of rotatable bonds is 8. The normalized spacial score (nSPS) is 10.8. The lowest BCUT2D eigenvalue weighted by molar-refractivity contribution is -0.618. The van der Waals surface area contributed by atoms with Gasteiger partial charge >= 0.3 is 5.97 Å². The molecule has 2 rings (SSSR count). The van der Waals surface area contributed by atoms with Gasteiger partial charge in [0.25, 0.3) is 5.69 Å². The molecule has 1 aromatic carbocycles. The highest BCUT2D eigenvalue weighted by Crippen LogP contribution is 2.18. The third-order valence-corrected chi connectivity index (χ3v) is 3.61. The fraction of sp³-hybridized carbons (Fsp3) is 0.263. The van der Waals surface area contributed by atoms with Gasteiger partial charge in [-0.25, -0.2) is 4.79 Å². The van der Waals surface area contributed by atoms with Crippen LogP contribution in [0, 0.1) is 5.21 Å². The molecule has 0 unspecified atom stereocenters. The van der Waals surface area contributed by atoms with Gasteiger partial charge in [-0.1, -0.05) is 30.3 Å². The minimum atomic E-state index is -0.579. The van der Waals surface area contributed by atoms with Crippen molar-refractivity contribution in [2.45, 2.75) is 19.4 Å². The largest absolute Gasteiger partial charge is 0.618 e. The highest BCUT2D eigenvalue weighted by Gasteiger charge is 2.16. The number of carbonyl (C=O) groups is 1. The van der Waals surface area contributed by atoms with Gasteiger partial charge in [-0.2, -0.15) is 4.73 Å². The molecule has 25 heavy (non-hydrogen) atoms. The first-order valence-electron chi connectivity index (χ1n) is 7.94. The molecule has 0 radical (unpaired) electrons. The van der Waals surface area contributed by atoms with Crippen LogP contribution in [-0.4, -0.2) is 24.8 Å². The van der Waals surface area contributed by atoms with E-state index in [-0.39, 0.29) is 11.4 Å². The third-order valence-electron chi connectivity index (χ3n) is 3.61. The molecule has 0 aliphatic heterocycles. The number of aryl methyl sites for hydroxylation is 1. The topological polar surface area (TPSA) is 82.7 Å². The zero-order valence-electron chi connectivity index (χ0n) is 14.1. The number of aromatic nitrogens is 1. The molecule has 0 aliphatic carbocycles. The number of hydrogen-bond acceptors (Lipinski definition) is 5. The Morgan fingerprint density at radius 3 is 2.68 bits per heavy atom. The molecular weight excluding hydrogens is 322 g/mol. The highest BCUT2D eigenvalue weighted by molar-refractivity contribution is 5.86. The second-order valence-corrected chi connectivity index (χ2v) is 5.32. The molecule has 0 aliphatic rings. The predicted octanol–water partition coefficient (Wildman–Crippen LogP) is 2.01. The molecule has 6 heteroatoms. The number of esters is 1. The maximum Gasteiger partial charge on any atom is 0.330 e. The summed E-state index contributed by atoms with van der Waals surface area (Å²) in [5.41, 5.74) is 1.53. The lowest BCUT2D eigenvalue weighted by Gasteiger charge is -2.11. The van der Waals surface area contributed by atoms with Crippen LogP contribution >= 0.6 is 0 Å². The summed E-state index contributed by atoms with van der Waals surface area (Å²) < 4.78 is 10.8. The summed E-state index contributed by atoms with van der Waals surface area (Å²) in [7, 11) is 1.25. The fourth-order valence-electron chi connectivity index (χ4n) is 2.29. The lowest BCUT2D eigenvalue weighted by Crippen LogP contribution is -2.35. The van der Waals surface area contributed by atoms with E-state index in [1.165, 1.54) is 24.8 Å². The van der Waals surface area contributed by atoms with E-state index in [4.69, 9.17) is 4.74 Å². The lowest BCUT2D eigenvalue weighted by atomic mass is 10.1. The molecule has 0 saturated carbocycles. The summed E-state index contributed by atoms with van der Waals surface area (Å²) in [5.74, 6) is -0.232. The van der Waals surface area contributed by atoms with Crippen molar-refractivity contribution in [1.82, 2.24) is 0 Å². The van der Waals surface area contributed by atoms with Crippen molar-refractivity contribution in [2.75, 3.05) is 13.7 Å².